The number of rotatable bonds is 8. The lowest BCUT2D eigenvalue weighted by molar-refractivity contribution is -0.116. The van der Waals surface area contributed by atoms with E-state index >= 15 is 0 Å². The van der Waals surface area contributed by atoms with Gasteiger partial charge in [-0.3, -0.25) is 14.5 Å². The van der Waals surface area contributed by atoms with Crippen molar-refractivity contribution in [1.29, 1.82) is 0 Å². The number of methoxy groups -OCH3 is 1. The number of pyridine rings is 1. The fourth-order valence-corrected chi connectivity index (χ4v) is 4.57. The Labute approximate surface area is 215 Å². The van der Waals surface area contributed by atoms with Crippen LogP contribution in [0.3, 0.4) is 0 Å². The Hall–Kier alpha value is -3.21. The van der Waals surface area contributed by atoms with Gasteiger partial charge in [-0.25, -0.2) is 9.37 Å². The fraction of sp³-hybridized carbons (Fsp3) is 0.417. The van der Waals surface area contributed by atoms with Gasteiger partial charge in [-0.2, -0.15) is 13.2 Å². The lowest BCUT2D eigenvalue weighted by Crippen LogP contribution is -2.59. The molecule has 37 heavy (non-hydrogen) atoms. The molecule has 1 fully saturated rings. The third-order valence-corrected chi connectivity index (χ3v) is 6.70. The molecule has 1 saturated heterocycles. The van der Waals surface area contributed by atoms with Gasteiger partial charge in [0.25, 0.3) is 5.91 Å². The zero-order chi connectivity index (χ0) is 26.6. The first-order valence-electron chi connectivity index (χ1n) is 11.4. The van der Waals surface area contributed by atoms with Crippen LogP contribution in [0.25, 0.3) is 5.65 Å². The van der Waals surface area contributed by atoms with Crippen molar-refractivity contribution in [2.45, 2.75) is 28.7 Å². The Balaban J connectivity index is 1.52. The molecule has 1 amide bonds. The van der Waals surface area contributed by atoms with Crippen LogP contribution in [0.2, 0.25) is 0 Å². The van der Waals surface area contributed by atoms with Crippen molar-refractivity contribution in [3.8, 4) is 11.8 Å². The van der Waals surface area contributed by atoms with Crippen molar-refractivity contribution in [1.82, 2.24) is 25.3 Å². The Morgan fingerprint density at radius 2 is 2.19 bits per heavy atom. The zero-order valence-corrected chi connectivity index (χ0v) is 20.9. The molecule has 1 atom stereocenters. The maximum atomic E-state index is 14.4. The molecule has 0 spiro atoms. The molecule has 0 saturated carbocycles. The Kier molecular flexibility index (Phi) is 8.01. The molecule has 2 aliphatic rings. The van der Waals surface area contributed by atoms with Gasteiger partial charge >= 0.3 is 5.51 Å². The molecule has 4 N–H and O–H groups in total. The number of amides is 1. The number of alkyl halides is 4. The molecule has 198 valence electrons. The van der Waals surface area contributed by atoms with Crippen LogP contribution in [-0.4, -0.2) is 72.8 Å². The zero-order valence-electron chi connectivity index (χ0n) is 20.1. The molecular weight excluding hydrogens is 512 g/mol. The van der Waals surface area contributed by atoms with Gasteiger partial charge in [-0.05, 0) is 30.6 Å². The molecule has 4 rings (SSSR count). The van der Waals surface area contributed by atoms with E-state index in [0.29, 0.717) is 23.4 Å². The molecule has 0 bridgehead atoms. The van der Waals surface area contributed by atoms with Gasteiger partial charge in [-0.15, -0.1) is 0 Å². The van der Waals surface area contributed by atoms with E-state index in [1.54, 1.807) is 24.3 Å². The first-order valence-corrected chi connectivity index (χ1v) is 12.2. The summed E-state index contributed by atoms with van der Waals surface area (Å²) in [5.41, 5.74) is -4.87. The van der Waals surface area contributed by atoms with E-state index in [2.05, 4.69) is 38.1 Å². The number of anilines is 1. The summed E-state index contributed by atoms with van der Waals surface area (Å²) >= 11 is -0.302. The average molecular weight is 539 g/mol. The summed E-state index contributed by atoms with van der Waals surface area (Å²) in [6.45, 7) is 0.563. The second kappa shape index (κ2) is 11.0. The van der Waals surface area contributed by atoms with Gasteiger partial charge in [-0.1, -0.05) is 12.0 Å². The highest BCUT2D eigenvalue weighted by Gasteiger charge is 2.37. The standard InChI is InChI=1S/C24H26F4N6O2S/c1-29-21(35)15-7-8-16(19(11-15)36-2)31-9-3-5-18-22(37-24(26,27)28)34-10-4-6-17(20(34)33-18)32-14-23(25)12-30-13-23/h4,6-7,10-11,16,30-32H,8-9,12-14H2,1-2H3,(H,29,35). The van der Waals surface area contributed by atoms with E-state index in [4.69, 9.17) is 4.74 Å². The molecule has 13 heteroatoms. The Morgan fingerprint density at radius 1 is 1.41 bits per heavy atom. The maximum Gasteiger partial charge on any atom is 0.447 e. The van der Waals surface area contributed by atoms with E-state index < -0.39 is 11.2 Å². The summed E-state index contributed by atoms with van der Waals surface area (Å²) < 4.78 is 61.1. The van der Waals surface area contributed by atoms with Crippen molar-refractivity contribution < 1.29 is 27.1 Å². The smallest absolute Gasteiger partial charge is 0.447 e. The number of halogens is 4. The van der Waals surface area contributed by atoms with Gasteiger partial charge in [0.2, 0.25) is 0 Å². The number of likely N-dealkylation sites (N-methyl/N-ethyl adjacent to an activating group) is 1. The van der Waals surface area contributed by atoms with E-state index in [1.165, 1.54) is 24.8 Å². The van der Waals surface area contributed by atoms with Crippen molar-refractivity contribution in [2.24, 2.45) is 0 Å². The number of imidazole rings is 1. The number of fused-ring (bicyclic) bond motifs is 1. The van der Waals surface area contributed by atoms with Crippen molar-refractivity contribution in [2.75, 3.05) is 45.7 Å². The van der Waals surface area contributed by atoms with Crippen LogP contribution in [-0.2, 0) is 9.53 Å². The van der Waals surface area contributed by atoms with Gasteiger partial charge in [0, 0.05) is 43.7 Å². The van der Waals surface area contributed by atoms with Crippen molar-refractivity contribution >= 4 is 29.0 Å². The van der Waals surface area contributed by atoms with Gasteiger partial charge in [0.15, 0.2) is 11.3 Å². The van der Waals surface area contributed by atoms with Gasteiger partial charge < -0.3 is 20.7 Å². The number of carbonyl (C=O) groups is 1. The number of ether oxygens (including phenoxy) is 1. The molecule has 2 aromatic rings. The quantitative estimate of drug-likeness (QED) is 0.233. The van der Waals surface area contributed by atoms with Crippen LogP contribution in [0.15, 0.2) is 46.8 Å². The fourth-order valence-electron chi connectivity index (χ4n) is 3.91. The average Bonchev–Trinajstić information content (AvgIpc) is 3.19. The lowest BCUT2D eigenvalue weighted by atomic mass is 10.00. The van der Waals surface area contributed by atoms with Crippen LogP contribution in [0.5, 0.6) is 0 Å². The normalized spacial score (nSPS) is 18.7. The van der Waals surface area contributed by atoms with E-state index in [9.17, 15) is 22.4 Å². The summed E-state index contributed by atoms with van der Waals surface area (Å²) in [7, 11) is 3.03. The van der Waals surface area contributed by atoms with E-state index in [0.717, 1.165) is 0 Å². The molecule has 0 aromatic carbocycles. The Bertz CT molecular complexity index is 1290. The van der Waals surface area contributed by atoms with E-state index in [-0.39, 0.29) is 66.3 Å². The highest BCUT2D eigenvalue weighted by molar-refractivity contribution is 8.00. The van der Waals surface area contributed by atoms with E-state index in [1.807, 2.05) is 0 Å². The lowest BCUT2D eigenvalue weighted by Gasteiger charge is -2.35. The number of nitrogens with one attached hydrogen (secondary N) is 4. The number of thioether (sulfide) groups is 1. The minimum Gasteiger partial charge on any atom is -0.499 e. The molecular formula is C24H26F4N6O2S. The Morgan fingerprint density at radius 3 is 2.84 bits per heavy atom. The third kappa shape index (κ3) is 6.38. The topological polar surface area (TPSA) is 91.7 Å². The van der Waals surface area contributed by atoms with Crippen LogP contribution in [0.1, 0.15) is 12.1 Å². The van der Waals surface area contributed by atoms with Crippen molar-refractivity contribution in [3.05, 3.63) is 47.5 Å². The first-order chi connectivity index (χ1) is 17.6. The molecule has 1 aliphatic carbocycles. The number of carbonyl (C=O) groups excluding carboxylic acids is 1. The number of aromatic nitrogens is 2. The van der Waals surface area contributed by atoms with Crippen molar-refractivity contribution in [3.63, 3.8) is 0 Å². The van der Waals surface area contributed by atoms with Crippen LogP contribution in [0.4, 0.5) is 23.2 Å². The molecule has 1 unspecified atom stereocenters. The summed E-state index contributed by atoms with van der Waals surface area (Å²) in [6.07, 6.45) is 5.34. The molecule has 0 radical (unpaired) electrons. The third-order valence-electron chi connectivity index (χ3n) is 5.88. The minimum atomic E-state index is -4.55. The highest BCUT2D eigenvalue weighted by Crippen LogP contribution is 2.39. The summed E-state index contributed by atoms with van der Waals surface area (Å²) in [4.78, 5) is 16.2. The predicted octanol–water partition coefficient (Wildman–Crippen LogP) is 2.59. The second-order valence-electron chi connectivity index (χ2n) is 8.50. The summed E-state index contributed by atoms with van der Waals surface area (Å²) in [5, 5.41) is 11.4. The molecule has 8 nitrogen and oxygen atoms in total. The number of hydrogen-bond donors (Lipinski definition) is 4. The van der Waals surface area contributed by atoms with Crippen LogP contribution < -0.4 is 21.3 Å². The second-order valence-corrected chi connectivity index (χ2v) is 9.55. The SMILES string of the molecule is CNC(=O)C1=CCC(NCC#Cc2nc3c(NCC4(F)CNC4)cccn3c2SC(F)(F)F)C(OC)=C1. The highest BCUT2D eigenvalue weighted by atomic mass is 32.2. The van der Waals surface area contributed by atoms with Gasteiger partial charge in [0.05, 0.1) is 31.9 Å². The largest absolute Gasteiger partial charge is 0.499 e. The monoisotopic (exact) mass is 538 g/mol. The summed E-state index contributed by atoms with van der Waals surface area (Å²) in [5.74, 6) is 5.89. The molecule has 2 aromatic heterocycles. The first kappa shape index (κ1) is 26.8. The number of nitrogens with zero attached hydrogens (tertiary/aromatic N) is 2. The molecule has 3 heterocycles. The maximum absolute atomic E-state index is 14.4. The number of hydrogen-bond acceptors (Lipinski definition) is 7. The summed E-state index contributed by atoms with van der Waals surface area (Å²) in [6, 6.07) is 2.96. The minimum absolute atomic E-state index is 0.00598. The van der Waals surface area contributed by atoms with Gasteiger partial charge in [0.1, 0.15) is 16.5 Å². The van der Waals surface area contributed by atoms with Crippen LogP contribution >= 0.6 is 11.8 Å². The predicted molar refractivity (Wildman–Crippen MR) is 133 cm³/mol. The molecule has 1 aliphatic heterocycles. The van der Waals surface area contributed by atoms with Crippen LogP contribution in [0, 0.1) is 11.8 Å².